The molecule has 2 aromatic rings. The molecule has 20 heavy (non-hydrogen) atoms. The van der Waals surface area contributed by atoms with Gasteiger partial charge in [0.05, 0.1) is 16.7 Å². The number of carbonyl (C=O) groups is 2. The van der Waals surface area contributed by atoms with Crippen LogP contribution in [-0.2, 0) is 0 Å². The number of hydrogen-bond donors (Lipinski definition) is 2. The lowest BCUT2D eigenvalue weighted by Gasteiger charge is -2.13. The molecule has 4 rings (SSSR count). The molecule has 2 amide bonds. The summed E-state index contributed by atoms with van der Waals surface area (Å²) in [4.78, 5) is 23.3. The molecule has 4 bridgehead atoms. The Kier molecular flexibility index (Phi) is 2.35. The van der Waals surface area contributed by atoms with Gasteiger partial charge in [-0.3, -0.25) is 9.59 Å². The van der Waals surface area contributed by atoms with Crippen LogP contribution in [-0.4, -0.2) is 11.8 Å². The third kappa shape index (κ3) is 1.42. The number of nitriles is 1. The van der Waals surface area contributed by atoms with Crippen LogP contribution in [0.3, 0.4) is 0 Å². The van der Waals surface area contributed by atoms with Crippen LogP contribution in [0.25, 0.3) is 22.3 Å². The summed E-state index contributed by atoms with van der Waals surface area (Å²) in [5.74, 6) is -1.34. The Morgan fingerprint density at radius 2 is 1.60 bits per heavy atom. The zero-order chi connectivity index (χ0) is 14.4. The lowest BCUT2D eigenvalue weighted by molar-refractivity contribution is 0.0989. The fraction of sp³-hybridized carbons (Fsp3) is 0. The summed E-state index contributed by atoms with van der Waals surface area (Å²) in [5.41, 5.74) is 13.6. The van der Waals surface area contributed by atoms with Gasteiger partial charge >= 0.3 is 0 Å². The fourth-order valence-corrected chi connectivity index (χ4v) is 2.58. The Bertz CT molecular complexity index is 814. The quantitative estimate of drug-likeness (QED) is 0.729. The predicted molar refractivity (Wildman–Crippen MR) is 72.6 cm³/mol. The van der Waals surface area contributed by atoms with E-state index in [2.05, 4.69) is 0 Å². The zero-order valence-corrected chi connectivity index (χ0v) is 10.3. The molecule has 0 fully saturated rings. The molecule has 0 saturated carbocycles. The molecule has 4 N–H and O–H groups in total. The van der Waals surface area contributed by atoms with E-state index in [1.807, 2.05) is 18.2 Å². The lowest BCUT2D eigenvalue weighted by atomic mass is 9.89. The van der Waals surface area contributed by atoms with Crippen molar-refractivity contribution in [1.29, 1.82) is 5.26 Å². The van der Waals surface area contributed by atoms with Gasteiger partial charge in [-0.1, -0.05) is 24.3 Å². The van der Waals surface area contributed by atoms with Crippen molar-refractivity contribution in [3.05, 3.63) is 47.0 Å². The normalized spacial score (nSPS) is 10.8. The Hall–Kier alpha value is -3.13. The Labute approximate surface area is 114 Å². The van der Waals surface area contributed by atoms with Crippen molar-refractivity contribution in [2.75, 3.05) is 0 Å². The highest BCUT2D eigenvalue weighted by molar-refractivity contribution is 6.12. The highest BCUT2D eigenvalue weighted by atomic mass is 16.1. The van der Waals surface area contributed by atoms with Gasteiger partial charge in [0, 0.05) is 5.56 Å². The molecule has 5 nitrogen and oxygen atoms in total. The first kappa shape index (κ1) is 11.9. The lowest BCUT2D eigenvalue weighted by Crippen LogP contribution is -2.18. The standard InChI is InChI=1S/C15H9N3O2/c16-6-11-10(14(17)19)5-9-7-1-3-8(4-2-7)12(11)13(9)15(18)20/h1-5H,(H2,17,19)(H2,18,20). The smallest absolute Gasteiger partial charge is 0.250 e. The molecule has 0 radical (unpaired) electrons. The van der Waals surface area contributed by atoms with E-state index in [9.17, 15) is 14.9 Å². The minimum absolute atomic E-state index is 0.0856. The summed E-state index contributed by atoms with van der Waals surface area (Å²) in [6, 6.07) is 10.6. The van der Waals surface area contributed by atoms with Crippen LogP contribution in [0, 0.1) is 11.3 Å². The Balaban J connectivity index is 2.58. The number of carbonyl (C=O) groups excluding carboxylic acids is 2. The molecular weight excluding hydrogens is 254 g/mol. The molecule has 0 saturated heterocycles. The summed E-state index contributed by atoms with van der Waals surface area (Å²) in [5, 5.41) is 9.34. The first-order valence-corrected chi connectivity index (χ1v) is 5.86. The molecular formula is C15H9N3O2. The van der Waals surface area contributed by atoms with E-state index in [-0.39, 0.29) is 16.7 Å². The SMILES string of the molecule is N#Cc1c(C(N)=O)cc2c(C(N)=O)c1-c1ccc-2cc1. The molecule has 2 aliphatic carbocycles. The van der Waals surface area contributed by atoms with Gasteiger partial charge in [-0.05, 0) is 22.8 Å². The van der Waals surface area contributed by atoms with Gasteiger partial charge in [0.15, 0.2) is 0 Å². The number of amides is 2. The topological polar surface area (TPSA) is 110 Å². The first-order valence-electron chi connectivity index (χ1n) is 5.86. The van der Waals surface area contributed by atoms with E-state index < -0.39 is 11.8 Å². The third-order valence-corrected chi connectivity index (χ3v) is 3.44. The summed E-state index contributed by atoms with van der Waals surface area (Å²) >= 11 is 0. The second-order valence-corrected chi connectivity index (χ2v) is 4.51. The van der Waals surface area contributed by atoms with Gasteiger partial charge in [-0.2, -0.15) is 5.26 Å². The number of benzene rings is 2. The maximum absolute atomic E-state index is 11.8. The van der Waals surface area contributed by atoms with Crippen LogP contribution in [0.15, 0.2) is 30.3 Å². The van der Waals surface area contributed by atoms with Crippen molar-refractivity contribution < 1.29 is 9.59 Å². The van der Waals surface area contributed by atoms with Crippen molar-refractivity contribution in [3.8, 4) is 28.3 Å². The average Bonchev–Trinajstić information content (AvgIpc) is 2.61. The summed E-state index contributed by atoms with van der Waals surface area (Å²) in [7, 11) is 0. The average molecular weight is 263 g/mol. The fourth-order valence-electron chi connectivity index (χ4n) is 2.58. The van der Waals surface area contributed by atoms with Crippen molar-refractivity contribution in [3.63, 3.8) is 0 Å². The van der Waals surface area contributed by atoms with Crippen molar-refractivity contribution in [1.82, 2.24) is 0 Å². The van der Waals surface area contributed by atoms with Crippen LogP contribution < -0.4 is 11.5 Å². The van der Waals surface area contributed by atoms with Crippen LogP contribution in [0.2, 0.25) is 0 Å². The summed E-state index contributed by atoms with van der Waals surface area (Å²) < 4.78 is 0. The van der Waals surface area contributed by atoms with Crippen LogP contribution in [0.4, 0.5) is 0 Å². The predicted octanol–water partition coefficient (Wildman–Crippen LogP) is 1.40. The molecule has 2 aromatic carbocycles. The van der Waals surface area contributed by atoms with E-state index >= 15 is 0 Å². The van der Waals surface area contributed by atoms with E-state index in [1.54, 1.807) is 12.1 Å². The molecule has 0 spiro atoms. The number of rotatable bonds is 2. The molecule has 0 heterocycles. The number of nitrogens with zero attached hydrogens (tertiary/aromatic N) is 1. The molecule has 0 unspecified atom stereocenters. The van der Waals surface area contributed by atoms with E-state index in [0.717, 1.165) is 5.56 Å². The minimum Gasteiger partial charge on any atom is -0.366 e. The van der Waals surface area contributed by atoms with Gasteiger partial charge in [0.2, 0.25) is 11.8 Å². The van der Waals surface area contributed by atoms with Crippen molar-refractivity contribution in [2.45, 2.75) is 0 Å². The molecule has 0 atom stereocenters. The third-order valence-electron chi connectivity index (χ3n) is 3.44. The van der Waals surface area contributed by atoms with Crippen LogP contribution in [0.1, 0.15) is 26.3 Å². The zero-order valence-electron chi connectivity index (χ0n) is 10.3. The number of primary amides is 2. The number of hydrogen-bond acceptors (Lipinski definition) is 3. The number of fused-ring (bicyclic) bond motifs is 2. The van der Waals surface area contributed by atoms with Gasteiger partial charge < -0.3 is 11.5 Å². The summed E-state index contributed by atoms with van der Waals surface area (Å²) in [6.45, 7) is 0. The van der Waals surface area contributed by atoms with Crippen molar-refractivity contribution in [2.24, 2.45) is 11.5 Å². The molecule has 2 aliphatic rings. The highest BCUT2D eigenvalue weighted by Gasteiger charge is 2.27. The largest absolute Gasteiger partial charge is 0.366 e. The van der Waals surface area contributed by atoms with E-state index in [4.69, 9.17) is 11.5 Å². The number of nitrogens with two attached hydrogens (primary N) is 2. The summed E-state index contributed by atoms with van der Waals surface area (Å²) in [6.07, 6.45) is 0. The second kappa shape index (κ2) is 3.93. The molecule has 0 aliphatic heterocycles. The van der Waals surface area contributed by atoms with Gasteiger partial charge in [-0.15, -0.1) is 0 Å². The van der Waals surface area contributed by atoms with Gasteiger partial charge in [0.25, 0.3) is 0 Å². The molecule has 0 aromatic heterocycles. The molecule has 5 heteroatoms. The van der Waals surface area contributed by atoms with Crippen LogP contribution in [0.5, 0.6) is 0 Å². The Morgan fingerprint density at radius 1 is 1.00 bits per heavy atom. The van der Waals surface area contributed by atoms with Gasteiger partial charge in [0.1, 0.15) is 6.07 Å². The highest BCUT2D eigenvalue weighted by Crippen LogP contribution is 2.40. The van der Waals surface area contributed by atoms with Gasteiger partial charge in [-0.25, -0.2) is 0 Å². The maximum Gasteiger partial charge on any atom is 0.250 e. The van der Waals surface area contributed by atoms with E-state index in [1.165, 1.54) is 6.07 Å². The van der Waals surface area contributed by atoms with Crippen LogP contribution >= 0.6 is 0 Å². The van der Waals surface area contributed by atoms with E-state index in [0.29, 0.717) is 16.7 Å². The second-order valence-electron chi connectivity index (χ2n) is 4.51. The maximum atomic E-state index is 11.8. The first-order chi connectivity index (χ1) is 9.54. The van der Waals surface area contributed by atoms with Crippen molar-refractivity contribution >= 4 is 11.8 Å². The Morgan fingerprint density at radius 3 is 2.10 bits per heavy atom. The minimum atomic E-state index is -0.706. The molecule has 96 valence electrons. The monoisotopic (exact) mass is 263 g/mol.